The maximum atomic E-state index is 13.3. The molecular formula is C27H26ClN5O4. The first-order valence-electron chi connectivity index (χ1n) is 12.7. The molecule has 2 aromatic carbocycles. The standard InChI is InChI=1S/C27H26ClN5O4/c28-19-10-18-24(17-13-33(26(36)22(17)19)20-4-5-21(34)30-25(20)35)37-14-27(18)6-8-32(9-7-27)12-16-3-1-2-15-11-29-31-23(15)16/h1-3,10-11,20H,4-9,12-14H2,(H,29,31)(H,30,34,35)/t20-/m0/s1. The summed E-state index contributed by atoms with van der Waals surface area (Å²) in [6.45, 7) is 3.52. The van der Waals surface area contributed by atoms with Crippen LogP contribution in [0.4, 0.5) is 0 Å². The maximum absolute atomic E-state index is 13.3. The lowest BCUT2D eigenvalue weighted by Crippen LogP contribution is -2.52. The summed E-state index contributed by atoms with van der Waals surface area (Å²) in [7, 11) is 0. The summed E-state index contributed by atoms with van der Waals surface area (Å²) < 4.78 is 6.29. The first-order chi connectivity index (χ1) is 17.9. The van der Waals surface area contributed by atoms with Crippen LogP contribution in [0.3, 0.4) is 0 Å². The molecule has 0 radical (unpaired) electrons. The van der Waals surface area contributed by atoms with Crippen LogP contribution in [0.25, 0.3) is 10.9 Å². The van der Waals surface area contributed by atoms with Crippen molar-refractivity contribution in [2.24, 2.45) is 0 Å². The van der Waals surface area contributed by atoms with Gasteiger partial charge in [-0.15, -0.1) is 0 Å². The van der Waals surface area contributed by atoms with Crippen LogP contribution in [0.1, 0.15) is 52.7 Å². The number of aromatic amines is 1. The molecule has 9 nitrogen and oxygen atoms in total. The van der Waals surface area contributed by atoms with Gasteiger partial charge in [0.25, 0.3) is 5.91 Å². The molecule has 2 fully saturated rings. The lowest BCUT2D eigenvalue weighted by atomic mass is 9.73. The number of hydrogen-bond donors (Lipinski definition) is 2. The Morgan fingerprint density at radius 1 is 1.19 bits per heavy atom. The van der Waals surface area contributed by atoms with Crippen LogP contribution in [0, 0.1) is 0 Å². The molecule has 37 heavy (non-hydrogen) atoms. The number of ether oxygens (including phenoxy) is 1. The molecule has 10 heteroatoms. The average molecular weight is 520 g/mol. The van der Waals surface area contributed by atoms with E-state index in [0.29, 0.717) is 23.6 Å². The van der Waals surface area contributed by atoms with Crippen molar-refractivity contribution in [2.45, 2.75) is 50.2 Å². The molecular weight excluding hydrogens is 494 g/mol. The van der Waals surface area contributed by atoms with Gasteiger partial charge in [0.2, 0.25) is 11.8 Å². The summed E-state index contributed by atoms with van der Waals surface area (Å²) >= 11 is 6.72. The van der Waals surface area contributed by atoms with Crippen LogP contribution >= 0.6 is 11.6 Å². The molecule has 0 saturated carbocycles. The summed E-state index contributed by atoms with van der Waals surface area (Å²) in [5.41, 5.74) is 4.45. The van der Waals surface area contributed by atoms with Crippen molar-refractivity contribution in [3.05, 3.63) is 57.7 Å². The topological polar surface area (TPSA) is 108 Å². The van der Waals surface area contributed by atoms with E-state index < -0.39 is 11.9 Å². The normalized spacial score (nSPS) is 22.9. The largest absolute Gasteiger partial charge is 0.492 e. The van der Waals surface area contributed by atoms with Gasteiger partial charge in [0.05, 0.1) is 35.5 Å². The van der Waals surface area contributed by atoms with E-state index in [1.54, 1.807) is 0 Å². The molecule has 4 aliphatic heterocycles. The molecule has 190 valence electrons. The lowest BCUT2D eigenvalue weighted by molar-refractivity contribution is -0.136. The Morgan fingerprint density at radius 2 is 2.03 bits per heavy atom. The van der Waals surface area contributed by atoms with Gasteiger partial charge in [-0.25, -0.2) is 0 Å². The van der Waals surface area contributed by atoms with E-state index in [2.05, 4.69) is 38.6 Å². The Hall–Kier alpha value is -3.43. The summed E-state index contributed by atoms with van der Waals surface area (Å²) in [4.78, 5) is 41.4. The van der Waals surface area contributed by atoms with Gasteiger partial charge in [-0.05, 0) is 44.0 Å². The number of nitrogens with zero attached hydrogens (tertiary/aromatic N) is 3. The van der Waals surface area contributed by atoms with Crippen molar-refractivity contribution in [1.29, 1.82) is 0 Å². The molecule has 0 aliphatic carbocycles. The van der Waals surface area contributed by atoms with Crippen LogP contribution in [-0.4, -0.2) is 63.5 Å². The minimum absolute atomic E-state index is 0.143. The third kappa shape index (κ3) is 3.48. The van der Waals surface area contributed by atoms with Gasteiger partial charge in [-0.3, -0.25) is 29.7 Å². The third-order valence-electron chi connectivity index (χ3n) is 8.55. The summed E-state index contributed by atoms with van der Waals surface area (Å²) in [6, 6.07) is 7.51. The second-order valence-corrected chi connectivity index (χ2v) is 11.0. The van der Waals surface area contributed by atoms with E-state index in [-0.39, 0.29) is 30.2 Å². The van der Waals surface area contributed by atoms with Crippen molar-refractivity contribution >= 4 is 40.2 Å². The van der Waals surface area contributed by atoms with Gasteiger partial charge in [0.15, 0.2) is 0 Å². The Labute approximate surface area is 218 Å². The number of halogens is 1. The lowest BCUT2D eigenvalue weighted by Gasteiger charge is -2.38. The van der Waals surface area contributed by atoms with E-state index in [0.717, 1.165) is 60.3 Å². The number of likely N-dealkylation sites (tertiary alicyclic amines) is 1. The van der Waals surface area contributed by atoms with Crippen LogP contribution in [0.5, 0.6) is 5.75 Å². The number of hydrogen-bond acceptors (Lipinski definition) is 6. The van der Waals surface area contributed by atoms with Crippen LogP contribution in [-0.2, 0) is 28.1 Å². The first kappa shape index (κ1) is 22.7. The van der Waals surface area contributed by atoms with E-state index in [1.807, 2.05) is 12.3 Å². The second-order valence-electron chi connectivity index (χ2n) is 10.6. The third-order valence-corrected chi connectivity index (χ3v) is 8.85. The quantitative estimate of drug-likeness (QED) is 0.515. The van der Waals surface area contributed by atoms with Crippen molar-refractivity contribution in [3.8, 4) is 5.75 Å². The number of piperidine rings is 2. The van der Waals surface area contributed by atoms with E-state index >= 15 is 0 Å². The highest BCUT2D eigenvalue weighted by Crippen LogP contribution is 2.51. The molecule has 0 bridgehead atoms. The van der Waals surface area contributed by atoms with Gasteiger partial charge in [0, 0.05) is 34.9 Å². The van der Waals surface area contributed by atoms with E-state index in [9.17, 15) is 14.4 Å². The maximum Gasteiger partial charge on any atom is 0.256 e. The highest BCUT2D eigenvalue weighted by atomic mass is 35.5. The Kier molecular flexibility index (Phi) is 5.10. The van der Waals surface area contributed by atoms with Crippen LogP contribution < -0.4 is 10.1 Å². The Balaban J connectivity index is 1.12. The highest BCUT2D eigenvalue weighted by Gasteiger charge is 2.48. The summed E-state index contributed by atoms with van der Waals surface area (Å²) in [6.07, 6.45) is 4.24. The van der Waals surface area contributed by atoms with Gasteiger partial charge in [0.1, 0.15) is 11.8 Å². The number of fused-ring (bicyclic) bond motifs is 5. The van der Waals surface area contributed by atoms with E-state index in [4.69, 9.17) is 16.3 Å². The fraction of sp³-hybridized carbons (Fsp3) is 0.407. The highest BCUT2D eigenvalue weighted by molar-refractivity contribution is 6.34. The SMILES string of the molecule is O=C1CC[C@H](N2Cc3c4c(cc(Cl)c3C2=O)C2(CCN(Cc3cccc5cn[nH]c35)CC2)CO4)C(=O)N1. The van der Waals surface area contributed by atoms with Crippen LogP contribution in [0.2, 0.25) is 5.02 Å². The molecule has 1 spiro atoms. The van der Waals surface area contributed by atoms with Gasteiger partial charge in [-0.1, -0.05) is 29.8 Å². The van der Waals surface area contributed by atoms with Gasteiger partial charge < -0.3 is 9.64 Å². The molecule has 1 aromatic heterocycles. The number of carbonyl (C=O) groups is 3. The van der Waals surface area contributed by atoms with Crippen molar-refractivity contribution < 1.29 is 19.1 Å². The fourth-order valence-corrected chi connectivity index (χ4v) is 6.79. The molecule has 3 aromatic rings. The number of amides is 3. The first-order valence-corrected chi connectivity index (χ1v) is 13.1. The number of imide groups is 1. The van der Waals surface area contributed by atoms with Crippen molar-refractivity contribution in [3.63, 3.8) is 0 Å². The van der Waals surface area contributed by atoms with Crippen LogP contribution in [0.15, 0.2) is 30.5 Å². The molecule has 2 saturated heterocycles. The van der Waals surface area contributed by atoms with Gasteiger partial charge >= 0.3 is 0 Å². The predicted molar refractivity (Wildman–Crippen MR) is 135 cm³/mol. The summed E-state index contributed by atoms with van der Waals surface area (Å²) in [5.74, 6) is -0.258. The van der Waals surface area contributed by atoms with Crippen molar-refractivity contribution in [2.75, 3.05) is 19.7 Å². The van der Waals surface area contributed by atoms with Crippen molar-refractivity contribution in [1.82, 2.24) is 25.3 Å². The number of aromatic nitrogens is 2. The Bertz CT molecular complexity index is 1470. The zero-order chi connectivity index (χ0) is 25.3. The second kappa shape index (κ2) is 8.29. The molecule has 0 unspecified atom stereocenters. The fourth-order valence-electron chi connectivity index (χ4n) is 6.49. The minimum Gasteiger partial charge on any atom is -0.492 e. The molecule has 2 N–H and O–H groups in total. The monoisotopic (exact) mass is 519 g/mol. The smallest absolute Gasteiger partial charge is 0.256 e. The zero-order valence-electron chi connectivity index (χ0n) is 20.2. The number of rotatable bonds is 3. The molecule has 7 rings (SSSR count). The number of carbonyl (C=O) groups excluding carboxylic acids is 3. The molecule has 3 amide bonds. The molecule has 5 heterocycles. The predicted octanol–water partition coefficient (Wildman–Crippen LogP) is 2.90. The van der Waals surface area contributed by atoms with Gasteiger partial charge in [-0.2, -0.15) is 5.10 Å². The minimum atomic E-state index is -0.678. The number of H-pyrrole nitrogens is 1. The number of para-hydroxylation sites is 1. The summed E-state index contributed by atoms with van der Waals surface area (Å²) in [5, 5.41) is 11.2. The average Bonchev–Trinajstić information content (AvgIpc) is 3.59. The number of nitrogens with one attached hydrogen (secondary N) is 2. The molecule has 1 atom stereocenters. The van der Waals surface area contributed by atoms with E-state index in [1.165, 1.54) is 10.5 Å². The zero-order valence-corrected chi connectivity index (χ0v) is 20.9. The molecule has 4 aliphatic rings. The Morgan fingerprint density at radius 3 is 2.84 bits per heavy atom. The number of benzene rings is 2.